The standard InChI is InChI=1S/C55H106O6/c1-5-7-9-11-13-15-17-18-19-20-21-22-28-32-36-40-44-48-55(58)61-52(49-59-53(56)46-42-38-34-30-25-16-14-12-10-8-6-2)50-60-54(57)47-43-39-35-31-27-24-23-26-29-33-37-41-45-51(3)4/h51-52H,5-50H2,1-4H3/t52-/m1/s1. The van der Waals surface area contributed by atoms with Crippen LogP contribution in [0.3, 0.4) is 0 Å². The van der Waals surface area contributed by atoms with Gasteiger partial charge in [0.15, 0.2) is 6.10 Å². The Kier molecular flexibility index (Phi) is 48.1. The molecule has 0 spiro atoms. The van der Waals surface area contributed by atoms with E-state index in [2.05, 4.69) is 27.7 Å². The summed E-state index contributed by atoms with van der Waals surface area (Å²) in [5.74, 6) is -0.00667. The summed E-state index contributed by atoms with van der Waals surface area (Å²) >= 11 is 0. The molecule has 0 saturated heterocycles. The van der Waals surface area contributed by atoms with Gasteiger partial charge >= 0.3 is 17.9 Å². The van der Waals surface area contributed by atoms with Crippen molar-refractivity contribution in [3.8, 4) is 0 Å². The van der Waals surface area contributed by atoms with Crippen LogP contribution in [0.1, 0.15) is 310 Å². The summed E-state index contributed by atoms with van der Waals surface area (Å²) in [6, 6.07) is 0. The lowest BCUT2D eigenvalue weighted by Gasteiger charge is -2.18. The number of esters is 3. The van der Waals surface area contributed by atoms with Gasteiger partial charge in [-0.15, -0.1) is 0 Å². The molecular weight excluding hydrogens is 757 g/mol. The van der Waals surface area contributed by atoms with Gasteiger partial charge in [0.25, 0.3) is 0 Å². The molecule has 0 aliphatic carbocycles. The Balaban J connectivity index is 4.28. The number of hydrogen-bond donors (Lipinski definition) is 0. The lowest BCUT2D eigenvalue weighted by molar-refractivity contribution is -0.167. The molecule has 6 heteroatoms. The Morgan fingerprint density at radius 3 is 0.803 bits per heavy atom. The quantitative estimate of drug-likeness (QED) is 0.0344. The van der Waals surface area contributed by atoms with Gasteiger partial charge in [-0.3, -0.25) is 14.4 Å². The van der Waals surface area contributed by atoms with Gasteiger partial charge in [0.1, 0.15) is 13.2 Å². The van der Waals surface area contributed by atoms with E-state index in [4.69, 9.17) is 14.2 Å². The number of unbranched alkanes of at least 4 members (excludes halogenated alkanes) is 37. The Morgan fingerprint density at radius 1 is 0.311 bits per heavy atom. The van der Waals surface area contributed by atoms with E-state index in [-0.39, 0.29) is 31.1 Å². The minimum absolute atomic E-state index is 0.0624. The van der Waals surface area contributed by atoms with Crippen LogP contribution in [0.2, 0.25) is 0 Å². The Bertz CT molecular complexity index is 918. The molecule has 0 saturated carbocycles. The highest BCUT2D eigenvalue weighted by atomic mass is 16.6. The van der Waals surface area contributed by atoms with Crippen LogP contribution in [-0.4, -0.2) is 37.2 Å². The van der Waals surface area contributed by atoms with Crippen molar-refractivity contribution < 1.29 is 28.6 Å². The van der Waals surface area contributed by atoms with Crippen LogP contribution in [0.25, 0.3) is 0 Å². The molecule has 0 aliphatic rings. The van der Waals surface area contributed by atoms with Crippen LogP contribution in [-0.2, 0) is 28.6 Å². The first-order valence-corrected chi connectivity index (χ1v) is 27.4. The highest BCUT2D eigenvalue weighted by Crippen LogP contribution is 2.17. The zero-order valence-electron chi connectivity index (χ0n) is 41.6. The number of rotatable bonds is 50. The molecule has 0 aromatic heterocycles. The molecule has 362 valence electrons. The van der Waals surface area contributed by atoms with E-state index in [1.54, 1.807) is 0 Å². The maximum Gasteiger partial charge on any atom is 0.306 e. The maximum absolute atomic E-state index is 12.8. The molecule has 0 unspecified atom stereocenters. The third kappa shape index (κ3) is 49.3. The summed E-state index contributed by atoms with van der Waals surface area (Å²) in [4.78, 5) is 38.0. The summed E-state index contributed by atoms with van der Waals surface area (Å²) in [7, 11) is 0. The first-order valence-electron chi connectivity index (χ1n) is 27.4. The highest BCUT2D eigenvalue weighted by Gasteiger charge is 2.19. The molecule has 0 aromatic carbocycles. The molecule has 0 fully saturated rings. The van der Waals surface area contributed by atoms with E-state index >= 15 is 0 Å². The van der Waals surface area contributed by atoms with Gasteiger partial charge in [0, 0.05) is 19.3 Å². The minimum Gasteiger partial charge on any atom is -0.462 e. The van der Waals surface area contributed by atoms with Gasteiger partial charge in [-0.2, -0.15) is 0 Å². The van der Waals surface area contributed by atoms with E-state index in [1.807, 2.05) is 0 Å². The topological polar surface area (TPSA) is 78.9 Å². The number of ether oxygens (including phenoxy) is 3. The van der Waals surface area contributed by atoms with Crippen molar-refractivity contribution in [2.45, 2.75) is 316 Å². The van der Waals surface area contributed by atoms with Crippen LogP contribution < -0.4 is 0 Å². The second-order valence-electron chi connectivity index (χ2n) is 19.3. The van der Waals surface area contributed by atoms with Gasteiger partial charge in [0.05, 0.1) is 0 Å². The monoisotopic (exact) mass is 863 g/mol. The number of carbonyl (C=O) groups is 3. The molecule has 6 nitrogen and oxygen atoms in total. The molecule has 0 heterocycles. The van der Waals surface area contributed by atoms with Crippen LogP contribution >= 0.6 is 0 Å². The van der Waals surface area contributed by atoms with E-state index in [1.165, 1.54) is 205 Å². The van der Waals surface area contributed by atoms with E-state index in [9.17, 15) is 14.4 Å². The van der Waals surface area contributed by atoms with Crippen molar-refractivity contribution in [2.24, 2.45) is 5.92 Å². The van der Waals surface area contributed by atoms with Gasteiger partial charge in [-0.05, 0) is 25.2 Å². The van der Waals surface area contributed by atoms with Crippen molar-refractivity contribution in [1.29, 1.82) is 0 Å². The second-order valence-corrected chi connectivity index (χ2v) is 19.3. The zero-order valence-corrected chi connectivity index (χ0v) is 41.6. The molecule has 0 radical (unpaired) electrons. The van der Waals surface area contributed by atoms with Gasteiger partial charge in [-0.1, -0.05) is 272 Å². The average Bonchev–Trinajstić information content (AvgIpc) is 3.24. The van der Waals surface area contributed by atoms with Crippen LogP contribution in [0, 0.1) is 5.92 Å². The van der Waals surface area contributed by atoms with E-state index in [0.717, 1.165) is 63.7 Å². The van der Waals surface area contributed by atoms with Gasteiger partial charge in [0.2, 0.25) is 0 Å². The molecule has 0 rings (SSSR count). The SMILES string of the molecule is CCCCCCCCCCCCCCCCCCCC(=O)O[C@H](COC(=O)CCCCCCCCCCCCC)COC(=O)CCCCCCCCCCCCCCC(C)C. The van der Waals surface area contributed by atoms with Crippen LogP contribution in [0.4, 0.5) is 0 Å². The van der Waals surface area contributed by atoms with Gasteiger partial charge in [-0.25, -0.2) is 0 Å². The summed E-state index contributed by atoms with van der Waals surface area (Å²) in [6.45, 7) is 9.04. The third-order valence-electron chi connectivity index (χ3n) is 12.5. The highest BCUT2D eigenvalue weighted by molar-refractivity contribution is 5.71. The molecular formula is C55H106O6. The fourth-order valence-electron chi connectivity index (χ4n) is 8.39. The summed E-state index contributed by atoms with van der Waals surface area (Å²) in [5, 5.41) is 0. The molecule has 0 amide bonds. The fourth-order valence-corrected chi connectivity index (χ4v) is 8.39. The van der Waals surface area contributed by atoms with Crippen molar-refractivity contribution >= 4 is 17.9 Å². The Morgan fingerprint density at radius 2 is 0.541 bits per heavy atom. The molecule has 61 heavy (non-hydrogen) atoms. The zero-order chi connectivity index (χ0) is 44.5. The van der Waals surface area contributed by atoms with Crippen LogP contribution in [0.15, 0.2) is 0 Å². The van der Waals surface area contributed by atoms with Gasteiger partial charge < -0.3 is 14.2 Å². The predicted molar refractivity (Wildman–Crippen MR) is 261 cm³/mol. The number of carbonyl (C=O) groups excluding carboxylic acids is 3. The van der Waals surface area contributed by atoms with Crippen molar-refractivity contribution in [2.75, 3.05) is 13.2 Å². The van der Waals surface area contributed by atoms with Crippen molar-refractivity contribution in [3.05, 3.63) is 0 Å². The lowest BCUT2D eigenvalue weighted by Crippen LogP contribution is -2.30. The molecule has 0 bridgehead atoms. The Labute approximate surface area is 380 Å². The second kappa shape index (κ2) is 49.4. The lowest BCUT2D eigenvalue weighted by atomic mass is 10.0. The largest absolute Gasteiger partial charge is 0.462 e. The normalized spacial score (nSPS) is 12.0. The van der Waals surface area contributed by atoms with Crippen molar-refractivity contribution in [3.63, 3.8) is 0 Å². The summed E-state index contributed by atoms with van der Waals surface area (Å²) in [6.07, 6.45) is 52.3. The number of hydrogen-bond acceptors (Lipinski definition) is 6. The van der Waals surface area contributed by atoms with Crippen LogP contribution in [0.5, 0.6) is 0 Å². The maximum atomic E-state index is 12.8. The molecule has 0 N–H and O–H groups in total. The van der Waals surface area contributed by atoms with Crippen molar-refractivity contribution in [1.82, 2.24) is 0 Å². The summed E-state index contributed by atoms with van der Waals surface area (Å²) < 4.78 is 16.8. The average molecular weight is 863 g/mol. The molecule has 0 aliphatic heterocycles. The Hall–Kier alpha value is -1.59. The van der Waals surface area contributed by atoms with E-state index in [0.29, 0.717) is 19.3 Å². The summed E-state index contributed by atoms with van der Waals surface area (Å²) in [5.41, 5.74) is 0. The first kappa shape index (κ1) is 59.4. The van der Waals surface area contributed by atoms with E-state index < -0.39 is 6.10 Å². The minimum atomic E-state index is -0.761. The molecule has 0 aromatic rings. The first-order chi connectivity index (χ1) is 29.9. The smallest absolute Gasteiger partial charge is 0.306 e. The molecule has 1 atom stereocenters. The third-order valence-corrected chi connectivity index (χ3v) is 12.5. The predicted octanol–water partition coefficient (Wildman–Crippen LogP) is 17.8. The fraction of sp³-hybridized carbons (Fsp3) is 0.945.